The summed E-state index contributed by atoms with van der Waals surface area (Å²) < 4.78 is 10.3. The van der Waals surface area contributed by atoms with E-state index in [0.717, 1.165) is 73.1 Å². The summed E-state index contributed by atoms with van der Waals surface area (Å²) in [7, 11) is 0. The topological polar surface area (TPSA) is 135 Å². The number of nitrogens with zero attached hydrogens (tertiary/aromatic N) is 6. The molecular weight excluding hydrogens is 486 g/mol. The number of oxazole rings is 1. The van der Waals surface area contributed by atoms with Crippen molar-refractivity contribution in [2.24, 2.45) is 11.5 Å². The van der Waals surface area contributed by atoms with Crippen molar-refractivity contribution in [3.05, 3.63) is 49.1 Å². The minimum absolute atomic E-state index is 0.0644. The van der Waals surface area contributed by atoms with Gasteiger partial charge in [-0.2, -0.15) is 4.37 Å². The van der Waals surface area contributed by atoms with E-state index in [1.807, 2.05) is 0 Å². The summed E-state index contributed by atoms with van der Waals surface area (Å²) in [6, 6.07) is 10.6. The van der Waals surface area contributed by atoms with Crippen LogP contribution in [-0.2, 0) is 0 Å². The third-order valence-electron chi connectivity index (χ3n) is 7.16. The number of nitrogens with one attached hydrogen (secondary N) is 1. The molecule has 0 bridgehead atoms. The van der Waals surface area contributed by atoms with Crippen LogP contribution in [0.3, 0.4) is 0 Å². The minimum Gasteiger partial charge on any atom is -0.443 e. The smallest absolute Gasteiger partial charge is 0.227 e. The van der Waals surface area contributed by atoms with Gasteiger partial charge < -0.3 is 31.0 Å². The number of hydrogen-bond acceptors (Lipinski definition) is 11. The first-order valence-corrected chi connectivity index (χ1v) is 13.4. The highest BCUT2D eigenvalue weighted by molar-refractivity contribution is 7.09. The molecule has 37 heavy (non-hydrogen) atoms. The molecule has 2 fully saturated rings. The van der Waals surface area contributed by atoms with Gasteiger partial charge in [0.15, 0.2) is 12.2 Å². The van der Waals surface area contributed by atoms with E-state index < -0.39 is 0 Å². The molecule has 1 aromatic carbocycles. The Bertz CT molecular complexity index is 1340. The molecule has 0 radical (unpaired) electrons. The van der Waals surface area contributed by atoms with E-state index in [2.05, 4.69) is 66.7 Å². The summed E-state index contributed by atoms with van der Waals surface area (Å²) in [6.07, 6.45) is 7.80. The summed E-state index contributed by atoms with van der Waals surface area (Å²) in [5, 5.41) is 3.35. The van der Waals surface area contributed by atoms with E-state index in [1.54, 1.807) is 12.4 Å². The van der Waals surface area contributed by atoms with Crippen LogP contribution in [0.5, 0.6) is 0 Å². The summed E-state index contributed by atoms with van der Waals surface area (Å²) in [5.74, 6) is 2.04. The molecule has 6 rings (SSSR count). The van der Waals surface area contributed by atoms with Gasteiger partial charge in [0.2, 0.25) is 5.95 Å². The fraction of sp³-hybridized carbons (Fsp3) is 0.385. The number of piperidine rings is 1. The van der Waals surface area contributed by atoms with Crippen LogP contribution in [0.2, 0.25) is 0 Å². The van der Waals surface area contributed by atoms with Crippen LogP contribution >= 0.6 is 11.5 Å². The molecule has 0 saturated carbocycles. The molecule has 10 nitrogen and oxygen atoms in total. The Morgan fingerprint density at radius 3 is 2.62 bits per heavy atom. The van der Waals surface area contributed by atoms with Gasteiger partial charge >= 0.3 is 0 Å². The Morgan fingerprint density at radius 2 is 1.92 bits per heavy atom. The molecule has 2 saturated heterocycles. The summed E-state index contributed by atoms with van der Waals surface area (Å²) in [6.45, 7) is 5.79. The molecule has 0 amide bonds. The molecule has 11 heteroatoms. The van der Waals surface area contributed by atoms with Crippen molar-refractivity contribution < 1.29 is 4.42 Å². The summed E-state index contributed by atoms with van der Waals surface area (Å²) in [4.78, 5) is 19.0. The van der Waals surface area contributed by atoms with Gasteiger partial charge in [-0.1, -0.05) is 0 Å². The maximum absolute atomic E-state index is 6.29. The van der Waals surface area contributed by atoms with Crippen molar-refractivity contribution in [1.82, 2.24) is 19.3 Å². The first kappa shape index (κ1) is 23.8. The Morgan fingerprint density at radius 1 is 1.11 bits per heavy atom. The predicted octanol–water partition coefficient (Wildman–Crippen LogP) is 3.85. The monoisotopic (exact) mass is 517 g/mol. The zero-order valence-corrected chi connectivity index (χ0v) is 21.6. The van der Waals surface area contributed by atoms with Crippen LogP contribution in [0.15, 0.2) is 53.5 Å². The molecule has 2 aliphatic rings. The molecule has 0 spiro atoms. The van der Waals surface area contributed by atoms with E-state index in [0.29, 0.717) is 11.7 Å². The maximum atomic E-state index is 6.29. The van der Waals surface area contributed by atoms with Crippen LogP contribution in [0.4, 0.5) is 23.1 Å². The van der Waals surface area contributed by atoms with Gasteiger partial charge in [0.05, 0.1) is 22.3 Å². The van der Waals surface area contributed by atoms with Crippen molar-refractivity contribution in [1.29, 1.82) is 0 Å². The van der Waals surface area contributed by atoms with Crippen molar-refractivity contribution in [2.75, 3.05) is 41.3 Å². The van der Waals surface area contributed by atoms with Gasteiger partial charge in [0, 0.05) is 61.4 Å². The molecule has 4 aromatic rings. The number of benzene rings is 1. The standard InChI is InChI=1S/C26H31N9OS/c1-26(28)7-10-34(11-8-26)19-4-2-18(3-5-19)31-25-30-13-20(21-14-29-16-36-21)24(32-25)22-12-23(33-37-22)35-9-6-17(27)15-35/h2-5,12-14,16-17H,6-11,15,27-28H2,1H3,(H,30,31,32)/t17-/m0/s1. The normalized spacial score (nSPS) is 19.4. The van der Waals surface area contributed by atoms with Gasteiger partial charge in [-0.25, -0.2) is 15.0 Å². The molecule has 2 aliphatic heterocycles. The van der Waals surface area contributed by atoms with E-state index >= 15 is 0 Å². The van der Waals surface area contributed by atoms with Gasteiger partial charge in [0.25, 0.3) is 0 Å². The van der Waals surface area contributed by atoms with Gasteiger partial charge in [-0.3, -0.25) is 0 Å². The SMILES string of the molecule is CC1(N)CCN(c2ccc(Nc3ncc(-c4cnco4)c(-c4cc(N5CC[C@H](N)C5)ns4)n3)cc2)CC1. The Kier molecular flexibility index (Phi) is 6.27. The van der Waals surface area contributed by atoms with Crippen LogP contribution in [0.25, 0.3) is 21.9 Å². The molecule has 5 heterocycles. The number of nitrogens with two attached hydrogens (primary N) is 2. The second kappa shape index (κ2) is 9.73. The molecule has 3 aromatic heterocycles. The zero-order valence-electron chi connectivity index (χ0n) is 20.8. The lowest BCUT2D eigenvalue weighted by Crippen LogP contribution is -2.48. The van der Waals surface area contributed by atoms with Gasteiger partial charge in [-0.05, 0) is 62.0 Å². The lowest BCUT2D eigenvalue weighted by atomic mass is 9.91. The average molecular weight is 518 g/mol. The number of anilines is 4. The lowest BCUT2D eigenvalue weighted by Gasteiger charge is -2.38. The van der Waals surface area contributed by atoms with Crippen molar-refractivity contribution in [2.45, 2.75) is 37.8 Å². The third-order valence-corrected chi connectivity index (χ3v) is 7.95. The maximum Gasteiger partial charge on any atom is 0.227 e. The fourth-order valence-corrected chi connectivity index (χ4v) is 5.60. The number of hydrogen-bond donors (Lipinski definition) is 3. The highest BCUT2D eigenvalue weighted by atomic mass is 32.1. The second-order valence-corrected chi connectivity index (χ2v) is 11.0. The Hall–Kier alpha value is -3.54. The van der Waals surface area contributed by atoms with Gasteiger partial charge in [-0.15, -0.1) is 0 Å². The molecule has 1 atom stereocenters. The summed E-state index contributed by atoms with van der Waals surface area (Å²) >= 11 is 1.41. The van der Waals surface area contributed by atoms with Crippen LogP contribution < -0.4 is 26.6 Å². The molecule has 5 N–H and O–H groups in total. The van der Waals surface area contributed by atoms with Crippen molar-refractivity contribution in [3.8, 4) is 21.9 Å². The highest BCUT2D eigenvalue weighted by Crippen LogP contribution is 2.36. The minimum atomic E-state index is -0.0644. The van der Waals surface area contributed by atoms with E-state index in [-0.39, 0.29) is 11.6 Å². The largest absolute Gasteiger partial charge is 0.443 e. The third kappa shape index (κ3) is 5.15. The number of aromatic nitrogens is 4. The molecular formula is C26H31N9OS. The highest BCUT2D eigenvalue weighted by Gasteiger charge is 2.26. The van der Waals surface area contributed by atoms with E-state index in [4.69, 9.17) is 20.9 Å². The van der Waals surface area contributed by atoms with Crippen molar-refractivity contribution >= 4 is 34.7 Å². The van der Waals surface area contributed by atoms with Gasteiger partial charge in [0.1, 0.15) is 5.82 Å². The fourth-order valence-electron chi connectivity index (χ4n) is 4.84. The second-order valence-electron chi connectivity index (χ2n) is 10.2. The predicted molar refractivity (Wildman–Crippen MR) is 147 cm³/mol. The molecule has 192 valence electrons. The molecule has 0 aliphatic carbocycles. The quantitative estimate of drug-likeness (QED) is 0.346. The van der Waals surface area contributed by atoms with Crippen molar-refractivity contribution in [3.63, 3.8) is 0 Å². The number of rotatable bonds is 6. The zero-order chi connectivity index (χ0) is 25.4. The Balaban J connectivity index is 1.24. The summed E-state index contributed by atoms with van der Waals surface area (Å²) in [5.41, 5.74) is 16.0. The van der Waals surface area contributed by atoms with E-state index in [1.165, 1.54) is 23.6 Å². The Labute approximate surface area is 219 Å². The van der Waals surface area contributed by atoms with E-state index in [9.17, 15) is 0 Å². The first-order chi connectivity index (χ1) is 17.9. The molecule has 0 unspecified atom stereocenters. The average Bonchev–Trinajstić information content (AvgIpc) is 3.67. The van der Waals surface area contributed by atoms with Crippen LogP contribution in [0.1, 0.15) is 26.2 Å². The first-order valence-electron chi connectivity index (χ1n) is 12.6. The van der Waals surface area contributed by atoms with Crippen LogP contribution in [0, 0.1) is 0 Å². The van der Waals surface area contributed by atoms with Crippen LogP contribution in [-0.4, -0.2) is 57.1 Å². The lowest BCUT2D eigenvalue weighted by molar-refractivity contribution is 0.364.